The van der Waals surface area contributed by atoms with E-state index in [9.17, 15) is 4.79 Å². The number of nitrogens with two attached hydrogens (primary N) is 1. The van der Waals surface area contributed by atoms with Crippen molar-refractivity contribution < 1.29 is 10.0 Å². The summed E-state index contributed by atoms with van der Waals surface area (Å²) in [4.78, 5) is 11.1. The number of unbranched alkanes of at least 4 members (excludes halogenated alkanes) is 3. The second-order valence-electron chi connectivity index (χ2n) is 3.18. The number of rotatable bonds is 7. The van der Waals surface area contributed by atoms with E-state index in [0.717, 1.165) is 12.8 Å². The molecule has 0 aliphatic rings. The summed E-state index contributed by atoms with van der Waals surface area (Å²) >= 11 is 0. The lowest BCUT2D eigenvalue weighted by atomic mass is 10.2. The number of carbonyl (C=O) groups is 1. The van der Waals surface area contributed by atoms with Gasteiger partial charge in [-0.05, 0) is 6.42 Å². The molecule has 0 aromatic heterocycles. The molecule has 1 amide bonds. The smallest absolute Gasteiger partial charge is 0.227 e. The Bertz CT molecular complexity index is 192. The molecule has 0 saturated heterocycles. The van der Waals surface area contributed by atoms with E-state index < -0.39 is 0 Å². The maximum absolute atomic E-state index is 11.1. The fourth-order valence-electron chi connectivity index (χ4n) is 1.04. The third-order valence-corrected chi connectivity index (χ3v) is 1.82. The lowest BCUT2D eigenvalue weighted by Gasteiger charge is -2.03. The third kappa shape index (κ3) is 7.39. The van der Waals surface area contributed by atoms with Crippen LogP contribution in [0.4, 0.5) is 0 Å². The molecule has 0 spiro atoms. The molecule has 0 saturated carbocycles. The van der Waals surface area contributed by atoms with Gasteiger partial charge in [-0.15, -0.1) is 0 Å². The Morgan fingerprint density at radius 2 is 2.14 bits per heavy atom. The number of nitrogens with one attached hydrogen (secondary N) is 1. The minimum Gasteiger partial charge on any atom is -0.409 e. The Hall–Kier alpha value is -1.26. The minimum absolute atomic E-state index is 0.0374. The van der Waals surface area contributed by atoms with Gasteiger partial charge in [0.05, 0.1) is 6.42 Å². The van der Waals surface area contributed by atoms with E-state index in [2.05, 4.69) is 17.4 Å². The number of amides is 1. The van der Waals surface area contributed by atoms with Gasteiger partial charge in [-0.2, -0.15) is 0 Å². The fraction of sp³-hybridized carbons (Fsp3) is 0.778. The molecule has 0 aliphatic heterocycles. The number of amidine groups is 1. The Labute approximate surface area is 84.4 Å². The molecular weight excluding hydrogens is 182 g/mol. The number of hydrogen-bond donors (Lipinski definition) is 3. The van der Waals surface area contributed by atoms with Crippen LogP contribution in [-0.4, -0.2) is 23.5 Å². The van der Waals surface area contributed by atoms with Crippen LogP contribution in [0.5, 0.6) is 0 Å². The van der Waals surface area contributed by atoms with Gasteiger partial charge >= 0.3 is 0 Å². The maximum Gasteiger partial charge on any atom is 0.227 e. The summed E-state index contributed by atoms with van der Waals surface area (Å²) in [6.45, 7) is 2.80. The zero-order valence-electron chi connectivity index (χ0n) is 8.62. The molecular formula is C9H19N3O2. The van der Waals surface area contributed by atoms with Crippen LogP contribution in [0.25, 0.3) is 0 Å². The highest BCUT2D eigenvalue weighted by Gasteiger charge is 2.03. The Balaban J connectivity index is 3.36. The molecule has 5 heteroatoms. The lowest BCUT2D eigenvalue weighted by Crippen LogP contribution is -2.29. The van der Waals surface area contributed by atoms with Crippen LogP contribution >= 0.6 is 0 Å². The summed E-state index contributed by atoms with van der Waals surface area (Å²) < 4.78 is 0. The molecule has 0 bridgehead atoms. The first kappa shape index (κ1) is 12.7. The van der Waals surface area contributed by atoms with E-state index >= 15 is 0 Å². The Morgan fingerprint density at radius 3 is 2.71 bits per heavy atom. The zero-order valence-corrected chi connectivity index (χ0v) is 8.62. The second-order valence-corrected chi connectivity index (χ2v) is 3.18. The SMILES string of the molecule is CCCCCCNC(=O)CC(N)=NO. The summed E-state index contributed by atoms with van der Waals surface area (Å²) in [7, 11) is 0. The van der Waals surface area contributed by atoms with Gasteiger partial charge in [0.1, 0.15) is 5.84 Å². The first-order valence-electron chi connectivity index (χ1n) is 4.93. The summed E-state index contributed by atoms with van der Waals surface area (Å²) in [5, 5.41) is 13.6. The molecule has 82 valence electrons. The van der Waals surface area contributed by atoms with Gasteiger partial charge in [-0.3, -0.25) is 4.79 Å². The van der Waals surface area contributed by atoms with Crippen molar-refractivity contribution in [1.82, 2.24) is 5.32 Å². The number of nitrogens with zero attached hydrogens (tertiary/aromatic N) is 1. The van der Waals surface area contributed by atoms with E-state index in [4.69, 9.17) is 10.9 Å². The molecule has 0 fully saturated rings. The van der Waals surface area contributed by atoms with E-state index in [1.807, 2.05) is 0 Å². The van der Waals surface area contributed by atoms with Gasteiger partial charge in [-0.1, -0.05) is 31.3 Å². The number of hydrogen-bond acceptors (Lipinski definition) is 3. The van der Waals surface area contributed by atoms with Crippen molar-refractivity contribution in [2.24, 2.45) is 10.9 Å². The van der Waals surface area contributed by atoms with Crippen molar-refractivity contribution >= 4 is 11.7 Å². The molecule has 0 atom stereocenters. The van der Waals surface area contributed by atoms with Gasteiger partial charge in [-0.25, -0.2) is 0 Å². The second kappa shape index (κ2) is 8.34. The molecule has 0 aromatic rings. The van der Waals surface area contributed by atoms with E-state index in [-0.39, 0.29) is 18.2 Å². The minimum atomic E-state index is -0.197. The third-order valence-electron chi connectivity index (χ3n) is 1.82. The first-order chi connectivity index (χ1) is 6.70. The molecule has 0 radical (unpaired) electrons. The summed E-state index contributed by atoms with van der Waals surface area (Å²) in [5.41, 5.74) is 5.16. The van der Waals surface area contributed by atoms with Gasteiger partial charge in [0, 0.05) is 6.54 Å². The van der Waals surface area contributed by atoms with Crippen molar-refractivity contribution in [3.8, 4) is 0 Å². The average Bonchev–Trinajstić information content (AvgIpc) is 2.17. The van der Waals surface area contributed by atoms with Crippen LogP contribution in [-0.2, 0) is 4.79 Å². The monoisotopic (exact) mass is 201 g/mol. The maximum atomic E-state index is 11.1. The topological polar surface area (TPSA) is 87.7 Å². The van der Waals surface area contributed by atoms with Gasteiger partial charge in [0.2, 0.25) is 5.91 Å². The van der Waals surface area contributed by atoms with E-state index in [1.54, 1.807) is 0 Å². The molecule has 0 aliphatic carbocycles. The van der Waals surface area contributed by atoms with Crippen LogP contribution < -0.4 is 11.1 Å². The fourth-order valence-corrected chi connectivity index (χ4v) is 1.04. The number of oxime groups is 1. The van der Waals surface area contributed by atoms with Crippen molar-refractivity contribution in [1.29, 1.82) is 0 Å². The predicted octanol–water partition coefficient (Wildman–Crippen LogP) is 0.819. The highest BCUT2D eigenvalue weighted by molar-refractivity contribution is 5.98. The molecule has 0 aromatic carbocycles. The average molecular weight is 201 g/mol. The van der Waals surface area contributed by atoms with Crippen LogP contribution in [0.15, 0.2) is 5.16 Å². The Morgan fingerprint density at radius 1 is 1.43 bits per heavy atom. The van der Waals surface area contributed by atoms with Gasteiger partial charge in [0.15, 0.2) is 0 Å². The van der Waals surface area contributed by atoms with Crippen molar-refractivity contribution in [3.63, 3.8) is 0 Å². The highest BCUT2D eigenvalue weighted by atomic mass is 16.4. The largest absolute Gasteiger partial charge is 0.409 e. The zero-order chi connectivity index (χ0) is 10.8. The molecule has 14 heavy (non-hydrogen) atoms. The molecule has 0 unspecified atom stereocenters. The van der Waals surface area contributed by atoms with Crippen LogP contribution in [0, 0.1) is 0 Å². The van der Waals surface area contributed by atoms with Crippen LogP contribution in [0.1, 0.15) is 39.0 Å². The van der Waals surface area contributed by atoms with Crippen molar-refractivity contribution in [2.45, 2.75) is 39.0 Å². The predicted molar refractivity (Wildman–Crippen MR) is 55.2 cm³/mol. The van der Waals surface area contributed by atoms with E-state index in [0.29, 0.717) is 6.54 Å². The standard InChI is InChI=1S/C9H19N3O2/c1-2-3-4-5-6-11-9(13)7-8(10)12-14/h14H,2-7H2,1H3,(H2,10,12)(H,11,13). The molecule has 4 N–H and O–H groups in total. The van der Waals surface area contributed by atoms with E-state index in [1.165, 1.54) is 12.8 Å². The quantitative estimate of drug-likeness (QED) is 0.187. The molecule has 0 rings (SSSR count). The van der Waals surface area contributed by atoms with Gasteiger partial charge in [0.25, 0.3) is 0 Å². The molecule has 0 heterocycles. The Kier molecular flexibility index (Phi) is 7.59. The van der Waals surface area contributed by atoms with Gasteiger partial charge < -0.3 is 16.3 Å². The lowest BCUT2D eigenvalue weighted by molar-refractivity contribution is -0.119. The number of carbonyl (C=O) groups excluding carboxylic acids is 1. The summed E-state index contributed by atoms with van der Waals surface area (Å²) in [5.74, 6) is -0.257. The van der Waals surface area contributed by atoms with Crippen LogP contribution in [0.2, 0.25) is 0 Å². The van der Waals surface area contributed by atoms with Crippen molar-refractivity contribution in [3.05, 3.63) is 0 Å². The van der Waals surface area contributed by atoms with Crippen LogP contribution in [0.3, 0.4) is 0 Å². The highest BCUT2D eigenvalue weighted by Crippen LogP contribution is 1.96. The van der Waals surface area contributed by atoms with Crippen molar-refractivity contribution in [2.75, 3.05) is 6.54 Å². The molecule has 5 nitrogen and oxygen atoms in total. The first-order valence-corrected chi connectivity index (χ1v) is 4.93. The summed E-state index contributed by atoms with van der Waals surface area (Å²) in [6.07, 6.45) is 4.44. The normalized spacial score (nSPS) is 11.4. The summed E-state index contributed by atoms with van der Waals surface area (Å²) in [6, 6.07) is 0.